The highest BCUT2D eigenvalue weighted by molar-refractivity contribution is 6.30. The monoisotopic (exact) mass is 795 g/mol. The molecule has 2 aliphatic rings. The van der Waals surface area contributed by atoms with Crippen LogP contribution in [0.2, 0.25) is 5.02 Å². The number of aryl methyl sites for hydroxylation is 3. The average molecular weight is 796 g/mol. The molecule has 1 N–H and O–H groups in total. The van der Waals surface area contributed by atoms with E-state index in [0.29, 0.717) is 28.2 Å². The highest BCUT2D eigenvalue weighted by Gasteiger charge is 2.23. The molecule has 1 atom stereocenters. The molecule has 0 bridgehead atoms. The number of benzene rings is 2. The standard InChI is InChI=1S/C14H22N2.C10H10ClF.C10H20O.C9H10O2.2C2H6.C2H2/c1-3-9-16-10-7-13(8-11-16)14-6-4-5-12(2)15-14;11-9-4-3-8(10(12)6-9)5-7-1-2-7;1-4-6-7-10(5-2)8-9(3)11;1-6-3-4-8(9(10)11)5-7(6)2;3*1-2/h4-6,13H,3,7-11H2,1-2H3;3-4,6-7H,1-2,5H2;10H,4-8H2,1-3H3;3-5H,1-2H3,(H,10,11);2*1-2H3;1-2H. The molecule has 5 nitrogen and oxygen atoms in total. The van der Waals surface area contributed by atoms with Crippen molar-refractivity contribution in [3.05, 3.63) is 99.1 Å². The van der Waals surface area contributed by atoms with Crippen LogP contribution in [0.1, 0.15) is 164 Å². The van der Waals surface area contributed by atoms with Gasteiger partial charge in [0, 0.05) is 28.7 Å². The van der Waals surface area contributed by atoms with Crippen LogP contribution in [0, 0.1) is 51.3 Å². The summed E-state index contributed by atoms with van der Waals surface area (Å²) in [6.45, 7) is 26.0. The molecule has 2 aromatic carbocycles. The van der Waals surface area contributed by atoms with Crippen molar-refractivity contribution in [1.82, 2.24) is 9.88 Å². The van der Waals surface area contributed by atoms with E-state index in [-0.39, 0.29) is 5.82 Å². The summed E-state index contributed by atoms with van der Waals surface area (Å²) in [5, 5.41) is 9.08. The molecule has 7 heteroatoms. The summed E-state index contributed by atoms with van der Waals surface area (Å²) in [6.07, 6.45) is 20.9. The molecule has 56 heavy (non-hydrogen) atoms. The van der Waals surface area contributed by atoms with Crippen molar-refractivity contribution in [2.24, 2.45) is 11.8 Å². The number of rotatable bonds is 12. The lowest BCUT2D eigenvalue weighted by Crippen LogP contribution is -2.33. The van der Waals surface area contributed by atoms with Crippen LogP contribution in [0.15, 0.2) is 54.6 Å². The van der Waals surface area contributed by atoms with E-state index in [0.717, 1.165) is 47.6 Å². The van der Waals surface area contributed by atoms with Crippen molar-refractivity contribution >= 4 is 23.4 Å². The number of carbonyl (C=O) groups excluding carboxylic acids is 1. The van der Waals surface area contributed by atoms with Gasteiger partial charge >= 0.3 is 5.97 Å². The lowest BCUT2D eigenvalue weighted by molar-refractivity contribution is -0.118. The van der Waals surface area contributed by atoms with E-state index in [9.17, 15) is 14.0 Å². The van der Waals surface area contributed by atoms with Gasteiger partial charge in [0.1, 0.15) is 11.6 Å². The van der Waals surface area contributed by atoms with Crippen LogP contribution < -0.4 is 0 Å². The van der Waals surface area contributed by atoms with E-state index in [2.05, 4.69) is 68.6 Å². The van der Waals surface area contributed by atoms with E-state index >= 15 is 0 Å². The Bertz CT molecular complexity index is 1500. The minimum Gasteiger partial charge on any atom is -0.478 e. The number of piperidine rings is 1. The summed E-state index contributed by atoms with van der Waals surface area (Å²) >= 11 is 5.63. The average Bonchev–Trinajstić information content (AvgIpc) is 4.03. The number of likely N-dealkylation sites (tertiary alicyclic amines) is 1. The van der Waals surface area contributed by atoms with Gasteiger partial charge < -0.3 is 14.8 Å². The number of nitrogens with zero attached hydrogens (tertiary/aromatic N) is 2. The van der Waals surface area contributed by atoms with Gasteiger partial charge in [0.2, 0.25) is 0 Å². The number of aromatic nitrogens is 1. The summed E-state index contributed by atoms with van der Waals surface area (Å²) in [5.41, 5.74) is 5.75. The fourth-order valence-electron chi connectivity index (χ4n) is 6.10. The summed E-state index contributed by atoms with van der Waals surface area (Å²) in [6, 6.07) is 16.4. The second-order valence-corrected chi connectivity index (χ2v) is 14.6. The SMILES string of the molecule is C#C.CC.CC.CCCCC(CC)CC(C)=O.CCCN1CCC(c2cccc(C)n2)CC1.Cc1ccc(C(=O)O)cc1C.Fc1cc(Cl)ccc1CC1CC1. The first-order valence-corrected chi connectivity index (χ1v) is 21.5. The molecule has 1 aliphatic carbocycles. The molecule has 2 heterocycles. The topological polar surface area (TPSA) is 70.5 Å². The first kappa shape index (κ1) is 54.6. The molecule has 0 radical (unpaired) electrons. The van der Waals surface area contributed by atoms with Crippen molar-refractivity contribution in [3.8, 4) is 12.8 Å². The molecule has 2 fully saturated rings. The van der Waals surface area contributed by atoms with E-state index in [4.69, 9.17) is 16.7 Å². The zero-order chi connectivity index (χ0) is 43.1. The fraction of sp³-hybridized carbons (Fsp3) is 0.571. The molecule has 1 aliphatic heterocycles. The molecule has 1 saturated carbocycles. The first-order chi connectivity index (χ1) is 26.9. The van der Waals surface area contributed by atoms with Crippen LogP contribution in [0.25, 0.3) is 0 Å². The number of pyridine rings is 1. The third-order valence-corrected chi connectivity index (χ3v) is 9.78. The van der Waals surface area contributed by atoms with Crippen LogP contribution in [0.3, 0.4) is 0 Å². The van der Waals surface area contributed by atoms with Crippen molar-refractivity contribution in [2.45, 2.75) is 153 Å². The second kappa shape index (κ2) is 33.6. The minimum atomic E-state index is -0.867. The Morgan fingerprint density at radius 3 is 1.98 bits per heavy atom. The summed E-state index contributed by atoms with van der Waals surface area (Å²) < 4.78 is 13.2. The van der Waals surface area contributed by atoms with E-state index in [1.807, 2.05) is 47.6 Å². The van der Waals surface area contributed by atoms with Crippen LogP contribution in [0.4, 0.5) is 4.39 Å². The number of terminal acetylenes is 1. The second-order valence-electron chi connectivity index (χ2n) is 14.1. The third kappa shape index (κ3) is 24.9. The molecular formula is C49H76ClFN2O3. The largest absolute Gasteiger partial charge is 0.478 e. The molecule has 3 aromatic rings. The predicted octanol–water partition coefficient (Wildman–Crippen LogP) is 13.9. The number of aromatic carboxylic acids is 1. The van der Waals surface area contributed by atoms with Crippen molar-refractivity contribution in [3.63, 3.8) is 0 Å². The zero-order valence-corrected chi connectivity index (χ0v) is 37.7. The van der Waals surface area contributed by atoms with Crippen molar-refractivity contribution < 1.29 is 19.1 Å². The van der Waals surface area contributed by atoms with Crippen LogP contribution in [-0.4, -0.2) is 46.4 Å². The van der Waals surface area contributed by atoms with Crippen molar-refractivity contribution in [2.75, 3.05) is 19.6 Å². The molecular weight excluding hydrogens is 719 g/mol. The Morgan fingerprint density at radius 2 is 1.52 bits per heavy atom. The summed E-state index contributed by atoms with van der Waals surface area (Å²) in [7, 11) is 0. The maximum Gasteiger partial charge on any atom is 0.335 e. The number of carboxylic acids is 1. The van der Waals surface area contributed by atoms with E-state index < -0.39 is 5.97 Å². The maximum atomic E-state index is 13.2. The highest BCUT2D eigenvalue weighted by Crippen LogP contribution is 2.33. The number of carboxylic acid groups (broad SMARTS) is 1. The number of hydrogen-bond acceptors (Lipinski definition) is 4. The lowest BCUT2D eigenvalue weighted by atomic mass is 9.93. The molecule has 0 spiro atoms. The zero-order valence-electron chi connectivity index (χ0n) is 36.9. The summed E-state index contributed by atoms with van der Waals surface area (Å²) in [5.74, 6) is 1.37. The van der Waals surface area contributed by atoms with Gasteiger partial charge in [0.05, 0.1) is 5.56 Å². The number of carbonyl (C=O) groups is 2. The van der Waals surface area contributed by atoms with Gasteiger partial charge in [-0.05, 0) is 151 Å². The molecule has 1 saturated heterocycles. The van der Waals surface area contributed by atoms with Gasteiger partial charge in [-0.1, -0.05) is 104 Å². The molecule has 0 amide bonds. The van der Waals surface area contributed by atoms with Gasteiger partial charge in [-0.3, -0.25) is 4.98 Å². The smallest absolute Gasteiger partial charge is 0.335 e. The van der Waals surface area contributed by atoms with E-state index in [1.54, 1.807) is 31.2 Å². The number of Topliss-reactive ketones (excluding diaryl/α,β-unsaturated/α-hetero) is 1. The molecule has 1 aromatic heterocycles. The normalized spacial score (nSPS) is 13.6. The van der Waals surface area contributed by atoms with Gasteiger partial charge in [0.15, 0.2) is 0 Å². The van der Waals surface area contributed by atoms with Crippen LogP contribution in [-0.2, 0) is 11.2 Å². The Hall–Kier alpha value is -3.53. The van der Waals surface area contributed by atoms with Gasteiger partial charge in [-0.25, -0.2) is 9.18 Å². The summed E-state index contributed by atoms with van der Waals surface area (Å²) in [4.78, 5) is 28.5. The predicted molar refractivity (Wildman–Crippen MR) is 240 cm³/mol. The van der Waals surface area contributed by atoms with E-state index in [1.165, 1.54) is 82.8 Å². The maximum absolute atomic E-state index is 13.2. The minimum absolute atomic E-state index is 0.158. The van der Waals surface area contributed by atoms with Gasteiger partial charge in [-0.2, -0.15) is 0 Å². The lowest BCUT2D eigenvalue weighted by Gasteiger charge is -2.31. The number of unbranched alkanes of at least 4 members (excludes halogenated alkanes) is 1. The Morgan fingerprint density at radius 1 is 0.893 bits per heavy atom. The van der Waals surface area contributed by atoms with Gasteiger partial charge in [0.25, 0.3) is 0 Å². The Balaban J connectivity index is 0. The molecule has 314 valence electrons. The Kier molecular flexibility index (Phi) is 32.7. The van der Waals surface area contributed by atoms with Crippen LogP contribution in [0.5, 0.6) is 0 Å². The number of hydrogen-bond donors (Lipinski definition) is 1. The Labute approximate surface area is 347 Å². The molecule has 5 rings (SSSR count). The van der Waals surface area contributed by atoms with Crippen molar-refractivity contribution in [1.29, 1.82) is 0 Å². The number of halogens is 2. The number of ketones is 1. The molecule has 1 unspecified atom stereocenters. The quantitative estimate of drug-likeness (QED) is 0.185. The fourth-order valence-corrected chi connectivity index (χ4v) is 6.26. The van der Waals surface area contributed by atoms with Crippen LogP contribution >= 0.6 is 11.6 Å². The highest BCUT2D eigenvalue weighted by atomic mass is 35.5. The van der Waals surface area contributed by atoms with Gasteiger partial charge in [-0.15, -0.1) is 12.8 Å². The first-order valence-electron chi connectivity index (χ1n) is 21.1. The third-order valence-electron chi connectivity index (χ3n) is 9.55.